The molecular formula is C14H15ClN2O2. The molecule has 0 radical (unpaired) electrons. The van der Waals surface area contributed by atoms with Crippen molar-refractivity contribution in [3.8, 4) is 0 Å². The number of ketones is 1. The highest BCUT2D eigenvalue weighted by Crippen LogP contribution is 2.17. The molecule has 0 saturated carbocycles. The molecule has 0 fully saturated rings. The Morgan fingerprint density at radius 3 is 2.84 bits per heavy atom. The molecule has 1 aliphatic heterocycles. The van der Waals surface area contributed by atoms with Crippen molar-refractivity contribution < 1.29 is 9.59 Å². The first kappa shape index (κ1) is 13.7. The van der Waals surface area contributed by atoms with Gasteiger partial charge in [-0.1, -0.05) is 23.7 Å². The summed E-state index contributed by atoms with van der Waals surface area (Å²) in [5.74, 6) is 0.608. The molecule has 100 valence electrons. The van der Waals surface area contributed by atoms with Gasteiger partial charge in [0.15, 0.2) is 0 Å². The Kier molecular flexibility index (Phi) is 4.32. The smallest absolute Gasteiger partial charge is 0.228 e. The lowest BCUT2D eigenvalue weighted by molar-refractivity contribution is -0.129. The highest BCUT2D eigenvalue weighted by atomic mass is 35.5. The fourth-order valence-corrected chi connectivity index (χ4v) is 2.17. The maximum absolute atomic E-state index is 12.1. The van der Waals surface area contributed by atoms with Crippen molar-refractivity contribution in [3.63, 3.8) is 0 Å². The van der Waals surface area contributed by atoms with Gasteiger partial charge in [-0.2, -0.15) is 0 Å². The van der Waals surface area contributed by atoms with Gasteiger partial charge in [0, 0.05) is 30.0 Å². The first-order valence-corrected chi connectivity index (χ1v) is 6.56. The Hall–Kier alpha value is -1.68. The molecule has 1 aliphatic rings. The Morgan fingerprint density at radius 2 is 2.16 bits per heavy atom. The van der Waals surface area contributed by atoms with Gasteiger partial charge in [0.05, 0.1) is 6.54 Å². The van der Waals surface area contributed by atoms with E-state index >= 15 is 0 Å². The van der Waals surface area contributed by atoms with E-state index in [9.17, 15) is 9.59 Å². The van der Waals surface area contributed by atoms with Gasteiger partial charge >= 0.3 is 0 Å². The van der Waals surface area contributed by atoms with Gasteiger partial charge in [-0.15, -0.1) is 0 Å². The fourth-order valence-electron chi connectivity index (χ4n) is 1.98. The molecule has 0 atom stereocenters. The molecular weight excluding hydrogens is 264 g/mol. The number of halogens is 1. The van der Waals surface area contributed by atoms with Crippen LogP contribution in [0.3, 0.4) is 0 Å². The summed E-state index contributed by atoms with van der Waals surface area (Å²) in [7, 11) is 0. The molecule has 0 N–H and O–H groups in total. The van der Waals surface area contributed by atoms with Crippen LogP contribution in [-0.2, 0) is 9.59 Å². The van der Waals surface area contributed by atoms with Gasteiger partial charge in [-0.25, -0.2) is 0 Å². The van der Waals surface area contributed by atoms with Gasteiger partial charge in [-0.3, -0.25) is 14.7 Å². The average molecular weight is 279 g/mol. The number of rotatable bonds is 4. The monoisotopic (exact) mass is 278 g/mol. The topological polar surface area (TPSA) is 49.7 Å². The highest BCUT2D eigenvalue weighted by Gasteiger charge is 2.24. The van der Waals surface area contributed by atoms with E-state index in [-0.39, 0.29) is 24.5 Å². The van der Waals surface area contributed by atoms with Gasteiger partial charge in [0.25, 0.3) is 0 Å². The lowest BCUT2D eigenvalue weighted by Gasteiger charge is -2.18. The number of carbonyl (C=O) groups excluding carboxylic acids is 2. The summed E-state index contributed by atoms with van der Waals surface area (Å²) >= 11 is 5.95. The Labute approximate surface area is 117 Å². The number of hydrogen-bond acceptors (Lipinski definition) is 3. The minimum Gasteiger partial charge on any atom is -0.300 e. The second-order valence-corrected chi connectivity index (χ2v) is 4.90. The molecule has 5 heteroatoms. The standard InChI is InChI=1S/C14H15ClN2O2/c1-10(18)5-6-13(19)17-8-7-16-14(17)11-3-2-4-12(15)9-11/h2-4,9H,5-8H2,1H3. The molecule has 1 heterocycles. The first-order chi connectivity index (χ1) is 9.08. The Balaban J connectivity index is 2.12. The van der Waals surface area contributed by atoms with Gasteiger partial charge < -0.3 is 4.79 Å². The highest BCUT2D eigenvalue weighted by molar-refractivity contribution is 6.31. The van der Waals surface area contributed by atoms with Crippen molar-refractivity contribution in [2.75, 3.05) is 13.1 Å². The molecule has 0 unspecified atom stereocenters. The van der Waals surface area contributed by atoms with Crippen molar-refractivity contribution >= 4 is 29.1 Å². The van der Waals surface area contributed by atoms with E-state index in [0.29, 0.717) is 23.9 Å². The van der Waals surface area contributed by atoms with Crippen molar-refractivity contribution in [1.29, 1.82) is 0 Å². The zero-order valence-electron chi connectivity index (χ0n) is 10.7. The van der Waals surface area contributed by atoms with Crippen LogP contribution in [0.15, 0.2) is 29.3 Å². The number of benzene rings is 1. The summed E-state index contributed by atoms with van der Waals surface area (Å²) in [5, 5.41) is 0.614. The molecule has 1 amide bonds. The zero-order chi connectivity index (χ0) is 13.8. The first-order valence-electron chi connectivity index (χ1n) is 6.18. The van der Waals surface area contributed by atoms with Crippen molar-refractivity contribution in [1.82, 2.24) is 4.90 Å². The number of amides is 1. The average Bonchev–Trinajstić information content (AvgIpc) is 2.85. The molecule has 0 saturated heterocycles. The lowest BCUT2D eigenvalue weighted by Crippen LogP contribution is -2.34. The molecule has 4 nitrogen and oxygen atoms in total. The van der Waals surface area contributed by atoms with Crippen LogP contribution in [0.25, 0.3) is 0 Å². The summed E-state index contributed by atoms with van der Waals surface area (Å²) in [6.45, 7) is 2.65. The number of carbonyl (C=O) groups is 2. The van der Waals surface area contributed by atoms with Gasteiger partial charge in [-0.05, 0) is 19.1 Å². The zero-order valence-corrected chi connectivity index (χ0v) is 11.5. The van der Waals surface area contributed by atoms with Crippen LogP contribution in [0.1, 0.15) is 25.3 Å². The summed E-state index contributed by atoms with van der Waals surface area (Å²) in [5.41, 5.74) is 0.834. The maximum Gasteiger partial charge on any atom is 0.228 e. The van der Waals surface area contributed by atoms with Gasteiger partial charge in [0.2, 0.25) is 5.91 Å². The number of amidine groups is 1. The quantitative estimate of drug-likeness (QED) is 0.848. The van der Waals surface area contributed by atoms with Gasteiger partial charge in [0.1, 0.15) is 11.6 Å². The predicted octanol–water partition coefficient (Wildman–Crippen LogP) is 2.30. The van der Waals surface area contributed by atoms with Crippen LogP contribution < -0.4 is 0 Å². The summed E-state index contributed by atoms with van der Waals surface area (Å²) in [6, 6.07) is 7.28. The van der Waals surface area contributed by atoms with E-state index in [1.54, 1.807) is 17.0 Å². The summed E-state index contributed by atoms with van der Waals surface area (Å²) in [4.78, 5) is 29.0. The summed E-state index contributed by atoms with van der Waals surface area (Å²) in [6.07, 6.45) is 0.507. The maximum atomic E-state index is 12.1. The molecule has 0 aromatic heterocycles. The molecule has 2 rings (SSSR count). The van der Waals surface area contributed by atoms with Crippen molar-refractivity contribution in [2.45, 2.75) is 19.8 Å². The van der Waals surface area contributed by atoms with E-state index in [0.717, 1.165) is 5.56 Å². The van der Waals surface area contributed by atoms with Crippen LogP contribution in [0.4, 0.5) is 0 Å². The van der Waals surface area contributed by atoms with Crippen molar-refractivity contribution in [3.05, 3.63) is 34.9 Å². The number of Topliss-reactive ketones (excluding diaryl/α,β-unsaturated/α-hetero) is 1. The number of hydrogen-bond donors (Lipinski definition) is 0. The Morgan fingerprint density at radius 1 is 1.37 bits per heavy atom. The lowest BCUT2D eigenvalue weighted by atomic mass is 10.1. The fraction of sp³-hybridized carbons (Fsp3) is 0.357. The molecule has 1 aromatic carbocycles. The third-order valence-corrected chi connectivity index (χ3v) is 3.15. The summed E-state index contributed by atoms with van der Waals surface area (Å²) < 4.78 is 0. The molecule has 19 heavy (non-hydrogen) atoms. The van der Waals surface area contributed by atoms with E-state index < -0.39 is 0 Å². The minimum absolute atomic E-state index is 0.0220. The minimum atomic E-state index is -0.0635. The normalized spacial score (nSPS) is 14.4. The number of aliphatic imine (C=N–C) groups is 1. The second-order valence-electron chi connectivity index (χ2n) is 4.46. The third-order valence-electron chi connectivity index (χ3n) is 2.92. The predicted molar refractivity (Wildman–Crippen MR) is 74.5 cm³/mol. The molecule has 0 bridgehead atoms. The second kappa shape index (κ2) is 5.97. The van der Waals surface area contributed by atoms with Crippen LogP contribution in [-0.4, -0.2) is 35.5 Å². The van der Waals surface area contributed by atoms with Crippen molar-refractivity contribution in [2.24, 2.45) is 4.99 Å². The molecule has 0 spiro atoms. The van der Waals surface area contributed by atoms with Crippen LogP contribution in [0, 0.1) is 0 Å². The largest absolute Gasteiger partial charge is 0.300 e. The van der Waals surface area contributed by atoms with E-state index in [4.69, 9.17) is 11.6 Å². The number of nitrogens with zero attached hydrogens (tertiary/aromatic N) is 2. The van der Waals surface area contributed by atoms with E-state index in [1.165, 1.54) is 6.92 Å². The Bertz CT molecular complexity index is 540. The molecule has 0 aliphatic carbocycles. The van der Waals surface area contributed by atoms with Crippen LogP contribution in [0.5, 0.6) is 0 Å². The van der Waals surface area contributed by atoms with Crippen LogP contribution >= 0.6 is 11.6 Å². The SMILES string of the molecule is CC(=O)CCC(=O)N1CCN=C1c1cccc(Cl)c1. The van der Waals surface area contributed by atoms with E-state index in [1.807, 2.05) is 12.1 Å². The van der Waals surface area contributed by atoms with E-state index in [2.05, 4.69) is 4.99 Å². The third kappa shape index (κ3) is 3.41. The molecule has 1 aromatic rings. The van der Waals surface area contributed by atoms with Crippen LogP contribution in [0.2, 0.25) is 5.02 Å².